The van der Waals surface area contributed by atoms with Crippen molar-refractivity contribution >= 4 is 39.0 Å². The largest absolute Gasteiger partial charge is 0.360 e. The Labute approximate surface area is 169 Å². The van der Waals surface area contributed by atoms with Crippen LogP contribution in [0.2, 0.25) is 0 Å². The molecule has 1 amide bonds. The van der Waals surface area contributed by atoms with Crippen LogP contribution in [0.1, 0.15) is 40.5 Å². The third-order valence-corrected chi connectivity index (χ3v) is 6.61. The van der Waals surface area contributed by atoms with Crippen LogP contribution in [0.4, 0.5) is 11.5 Å². The smallest absolute Gasteiger partial charge is 0.243 e. The van der Waals surface area contributed by atoms with E-state index >= 15 is 0 Å². The second kappa shape index (κ2) is 7.51. The molecule has 0 bridgehead atoms. The molecule has 1 aliphatic rings. The Balaban J connectivity index is 1.52. The molecule has 3 aromatic rings. The Morgan fingerprint density at radius 3 is 2.71 bits per heavy atom. The predicted molar refractivity (Wildman–Crippen MR) is 116 cm³/mol. The molecule has 0 aliphatic heterocycles. The summed E-state index contributed by atoms with van der Waals surface area (Å²) in [5, 5.41) is 7.39. The number of hydrogen-bond acceptors (Lipinski definition) is 5. The van der Waals surface area contributed by atoms with Crippen molar-refractivity contribution in [2.45, 2.75) is 47.0 Å². The molecular weight excluding hydrogens is 368 g/mol. The van der Waals surface area contributed by atoms with E-state index in [2.05, 4.69) is 46.6 Å². The first-order chi connectivity index (χ1) is 13.4. The lowest BCUT2D eigenvalue weighted by molar-refractivity contribution is -0.114. The first kappa shape index (κ1) is 18.9. The van der Waals surface area contributed by atoms with E-state index in [0.29, 0.717) is 0 Å². The van der Waals surface area contributed by atoms with Gasteiger partial charge in [-0.2, -0.15) is 0 Å². The summed E-state index contributed by atoms with van der Waals surface area (Å²) in [6.45, 7) is 8.60. The Hall–Kier alpha value is -2.47. The average Bonchev–Trinajstić information content (AvgIpc) is 3.00. The molecule has 0 radical (unpaired) electrons. The van der Waals surface area contributed by atoms with E-state index in [0.717, 1.165) is 51.6 Å². The second-order valence-electron chi connectivity index (χ2n) is 7.93. The number of aromatic nitrogens is 2. The van der Waals surface area contributed by atoms with Crippen molar-refractivity contribution in [3.63, 3.8) is 0 Å². The van der Waals surface area contributed by atoms with Crippen LogP contribution in [0.5, 0.6) is 0 Å². The van der Waals surface area contributed by atoms with Crippen LogP contribution in [-0.4, -0.2) is 22.4 Å². The second-order valence-corrected chi connectivity index (χ2v) is 9.01. The Morgan fingerprint density at radius 2 is 1.96 bits per heavy atom. The number of carbonyl (C=O) groups excluding carboxylic acids is 1. The summed E-state index contributed by atoms with van der Waals surface area (Å²) in [6, 6.07) is 4.17. The van der Waals surface area contributed by atoms with Gasteiger partial charge in [0.05, 0.1) is 11.9 Å². The van der Waals surface area contributed by atoms with Gasteiger partial charge >= 0.3 is 0 Å². The van der Waals surface area contributed by atoms with E-state index in [9.17, 15) is 4.79 Å². The number of anilines is 2. The number of amides is 1. The molecule has 146 valence electrons. The van der Waals surface area contributed by atoms with Crippen LogP contribution in [0.3, 0.4) is 0 Å². The Kier molecular flexibility index (Phi) is 5.06. The van der Waals surface area contributed by atoms with Gasteiger partial charge in [0.25, 0.3) is 0 Å². The Bertz CT molecular complexity index is 1030. The summed E-state index contributed by atoms with van der Waals surface area (Å²) in [7, 11) is 0. The highest BCUT2D eigenvalue weighted by Crippen LogP contribution is 2.39. The molecule has 0 saturated heterocycles. The quantitative estimate of drug-likeness (QED) is 0.667. The maximum absolute atomic E-state index is 12.6. The highest BCUT2D eigenvalue weighted by Gasteiger charge is 2.23. The first-order valence-electron chi connectivity index (χ1n) is 9.79. The van der Waals surface area contributed by atoms with E-state index in [1.165, 1.54) is 22.4 Å². The van der Waals surface area contributed by atoms with Crippen molar-refractivity contribution < 1.29 is 4.79 Å². The molecule has 1 unspecified atom stereocenters. The molecule has 5 nitrogen and oxygen atoms in total. The fourth-order valence-electron chi connectivity index (χ4n) is 4.13. The maximum Gasteiger partial charge on any atom is 0.243 e. The van der Waals surface area contributed by atoms with Crippen LogP contribution in [0, 0.1) is 26.7 Å². The predicted octanol–water partition coefficient (Wildman–Crippen LogP) is 4.79. The lowest BCUT2D eigenvalue weighted by atomic mass is 9.89. The van der Waals surface area contributed by atoms with Crippen molar-refractivity contribution in [3.8, 4) is 0 Å². The topological polar surface area (TPSA) is 66.9 Å². The zero-order valence-corrected chi connectivity index (χ0v) is 17.7. The van der Waals surface area contributed by atoms with Gasteiger partial charge in [-0.3, -0.25) is 4.79 Å². The van der Waals surface area contributed by atoms with Gasteiger partial charge in [-0.15, -0.1) is 11.3 Å². The number of rotatable bonds is 4. The van der Waals surface area contributed by atoms with Crippen LogP contribution < -0.4 is 10.6 Å². The van der Waals surface area contributed by atoms with Crippen LogP contribution >= 0.6 is 11.3 Å². The minimum absolute atomic E-state index is 0.0699. The van der Waals surface area contributed by atoms with Gasteiger partial charge < -0.3 is 10.6 Å². The molecule has 1 aliphatic carbocycles. The minimum atomic E-state index is -0.0699. The molecule has 1 aromatic carbocycles. The maximum atomic E-state index is 12.6. The summed E-state index contributed by atoms with van der Waals surface area (Å²) < 4.78 is 0. The van der Waals surface area contributed by atoms with Gasteiger partial charge in [0.15, 0.2) is 0 Å². The number of aryl methyl sites for hydroxylation is 4. The monoisotopic (exact) mass is 394 g/mol. The zero-order chi connectivity index (χ0) is 19.8. The Morgan fingerprint density at radius 1 is 1.21 bits per heavy atom. The van der Waals surface area contributed by atoms with Crippen molar-refractivity contribution in [1.29, 1.82) is 0 Å². The van der Waals surface area contributed by atoms with E-state index < -0.39 is 0 Å². The number of benzene rings is 1. The number of thiophene rings is 1. The molecule has 2 N–H and O–H groups in total. The number of nitrogens with one attached hydrogen (secondary N) is 2. The number of carbonyl (C=O) groups is 1. The molecule has 1 atom stereocenters. The molecule has 6 heteroatoms. The third kappa shape index (κ3) is 3.61. The normalized spacial score (nSPS) is 16.1. The van der Waals surface area contributed by atoms with Gasteiger partial charge in [-0.25, -0.2) is 9.97 Å². The average molecular weight is 395 g/mol. The van der Waals surface area contributed by atoms with E-state index in [4.69, 9.17) is 0 Å². The molecule has 0 fully saturated rings. The zero-order valence-electron chi connectivity index (χ0n) is 16.8. The molecule has 4 rings (SSSR count). The van der Waals surface area contributed by atoms with E-state index in [1.54, 1.807) is 17.7 Å². The summed E-state index contributed by atoms with van der Waals surface area (Å²) in [6.07, 6.45) is 4.95. The van der Waals surface area contributed by atoms with Crippen LogP contribution in [0.25, 0.3) is 10.2 Å². The first-order valence-corrected chi connectivity index (χ1v) is 10.6. The molecule has 2 aromatic heterocycles. The van der Waals surface area contributed by atoms with Crippen molar-refractivity contribution in [2.75, 3.05) is 17.2 Å². The third-order valence-electron chi connectivity index (χ3n) is 5.45. The summed E-state index contributed by atoms with van der Waals surface area (Å²) in [5.74, 6) is 1.42. The van der Waals surface area contributed by atoms with E-state index in [-0.39, 0.29) is 12.5 Å². The molecule has 28 heavy (non-hydrogen) atoms. The summed E-state index contributed by atoms with van der Waals surface area (Å²) in [4.78, 5) is 23.9. The van der Waals surface area contributed by atoms with Crippen molar-refractivity contribution in [2.24, 2.45) is 5.92 Å². The fraction of sp³-hybridized carbons (Fsp3) is 0.409. The molecule has 0 saturated carbocycles. The van der Waals surface area contributed by atoms with Gasteiger partial charge in [-0.1, -0.05) is 24.6 Å². The highest BCUT2D eigenvalue weighted by molar-refractivity contribution is 7.19. The van der Waals surface area contributed by atoms with Gasteiger partial charge in [0, 0.05) is 10.6 Å². The van der Waals surface area contributed by atoms with Crippen LogP contribution in [0.15, 0.2) is 18.5 Å². The number of fused-ring (bicyclic) bond motifs is 3. The van der Waals surface area contributed by atoms with Crippen molar-refractivity contribution in [3.05, 3.63) is 45.6 Å². The van der Waals surface area contributed by atoms with Gasteiger partial charge in [-0.05, 0) is 62.6 Å². The number of nitrogens with zero attached hydrogens (tertiary/aromatic N) is 2. The SMILES string of the molecule is Cc1cc(C)c(NC(=O)CNc2ncnc3sc4c(c23)CCC(C)C4)c(C)c1. The standard InChI is InChI=1S/C22H26N4OS/c1-12-5-6-16-17(9-12)28-22-19(16)21(24-11-25-22)23-10-18(27)26-20-14(3)7-13(2)8-15(20)4/h7-8,11-12H,5-6,9-10H2,1-4H3,(H,26,27)(H,23,24,25). The molecule has 2 heterocycles. The molecular formula is C22H26N4OS. The lowest BCUT2D eigenvalue weighted by Crippen LogP contribution is -2.23. The minimum Gasteiger partial charge on any atom is -0.360 e. The lowest BCUT2D eigenvalue weighted by Gasteiger charge is -2.18. The molecule has 0 spiro atoms. The van der Waals surface area contributed by atoms with Gasteiger partial charge in [0.1, 0.15) is 17.0 Å². The van der Waals surface area contributed by atoms with Gasteiger partial charge in [0.2, 0.25) is 5.91 Å². The van der Waals surface area contributed by atoms with E-state index in [1.807, 2.05) is 13.8 Å². The fourth-order valence-corrected chi connectivity index (χ4v) is 5.48. The number of hydrogen-bond donors (Lipinski definition) is 2. The van der Waals surface area contributed by atoms with Crippen LogP contribution in [-0.2, 0) is 17.6 Å². The highest BCUT2D eigenvalue weighted by atomic mass is 32.1. The summed E-state index contributed by atoms with van der Waals surface area (Å²) in [5.41, 5.74) is 5.62. The van der Waals surface area contributed by atoms with Crippen molar-refractivity contribution in [1.82, 2.24) is 9.97 Å². The summed E-state index contributed by atoms with van der Waals surface area (Å²) >= 11 is 1.77.